The van der Waals surface area contributed by atoms with Crippen LogP contribution in [-0.2, 0) is 26.2 Å². The third-order valence-electron chi connectivity index (χ3n) is 6.91. The second kappa shape index (κ2) is 13.6. The van der Waals surface area contributed by atoms with E-state index in [4.69, 9.17) is 4.74 Å². The molecule has 0 radical (unpaired) electrons. The van der Waals surface area contributed by atoms with Crippen LogP contribution in [0.3, 0.4) is 0 Å². The van der Waals surface area contributed by atoms with Crippen molar-refractivity contribution in [3.05, 3.63) is 59.9 Å². The van der Waals surface area contributed by atoms with Crippen molar-refractivity contribution in [1.82, 2.24) is 10.2 Å². The number of ether oxygens (including phenoxy) is 1. The minimum absolute atomic E-state index is 0.00844. The van der Waals surface area contributed by atoms with E-state index in [-0.39, 0.29) is 43.8 Å². The Bertz CT molecular complexity index is 1200. The van der Waals surface area contributed by atoms with E-state index in [2.05, 4.69) is 5.32 Å². The molecule has 1 aliphatic carbocycles. The summed E-state index contributed by atoms with van der Waals surface area (Å²) in [4.78, 5) is 27.9. The third kappa shape index (κ3) is 8.18. The number of hydrogen-bond acceptors (Lipinski definition) is 5. The molecule has 0 aliphatic heterocycles. The van der Waals surface area contributed by atoms with E-state index in [0.717, 1.165) is 38.4 Å². The fraction of sp³-hybridized carbons (Fsp3) is 0.500. The Labute approximate surface area is 225 Å². The van der Waals surface area contributed by atoms with Gasteiger partial charge in [0.15, 0.2) is 0 Å². The van der Waals surface area contributed by atoms with Gasteiger partial charge in [0.2, 0.25) is 21.8 Å². The molecule has 1 fully saturated rings. The van der Waals surface area contributed by atoms with E-state index in [9.17, 15) is 22.4 Å². The highest BCUT2D eigenvalue weighted by Crippen LogP contribution is 2.24. The number of sulfonamides is 1. The molecule has 3 rings (SSSR count). The van der Waals surface area contributed by atoms with Crippen molar-refractivity contribution in [2.24, 2.45) is 0 Å². The van der Waals surface area contributed by atoms with Gasteiger partial charge >= 0.3 is 0 Å². The summed E-state index contributed by atoms with van der Waals surface area (Å²) in [6, 6.07) is 12.1. The van der Waals surface area contributed by atoms with Crippen molar-refractivity contribution >= 4 is 27.5 Å². The molecular weight excluding hydrogens is 509 g/mol. The Kier molecular flexibility index (Phi) is 10.5. The first kappa shape index (κ1) is 29.4. The first-order valence-corrected chi connectivity index (χ1v) is 14.9. The summed E-state index contributed by atoms with van der Waals surface area (Å²) in [6.45, 7) is 1.65. The molecule has 0 saturated heterocycles. The number of rotatable bonds is 12. The number of halogens is 1. The molecule has 1 aliphatic rings. The molecule has 10 heteroatoms. The summed E-state index contributed by atoms with van der Waals surface area (Å²) in [7, 11) is -2.12. The Hall–Kier alpha value is -3.14. The lowest BCUT2D eigenvalue weighted by molar-refractivity contribution is -0.141. The molecule has 0 spiro atoms. The van der Waals surface area contributed by atoms with Crippen LogP contribution in [0.25, 0.3) is 0 Å². The lowest BCUT2D eigenvalue weighted by Crippen LogP contribution is -2.50. The highest BCUT2D eigenvalue weighted by Gasteiger charge is 2.29. The molecule has 208 valence electrons. The maximum absolute atomic E-state index is 14.5. The zero-order valence-corrected chi connectivity index (χ0v) is 23.2. The summed E-state index contributed by atoms with van der Waals surface area (Å²) in [5, 5.41) is 3.05. The predicted molar refractivity (Wildman–Crippen MR) is 146 cm³/mol. The van der Waals surface area contributed by atoms with Crippen LogP contribution in [-0.4, -0.2) is 57.1 Å². The average Bonchev–Trinajstić information content (AvgIpc) is 2.90. The number of benzene rings is 2. The van der Waals surface area contributed by atoms with Gasteiger partial charge in [-0.05, 0) is 44.4 Å². The maximum Gasteiger partial charge on any atom is 0.242 e. The standard InChI is InChI=1S/C28H38FN3O5S/c1-21(28(34)30-23-12-5-4-6-13-23)31(20-22-11-7-8-16-26(22)29)27(33)17-10-18-32(38(3,35)36)24-14-9-15-25(19-24)37-2/h7-9,11,14-16,19,21,23H,4-6,10,12-13,17-18,20H2,1-3H3,(H,30,34)/t21-/m1/s1. The Morgan fingerprint density at radius 3 is 2.47 bits per heavy atom. The number of nitrogens with one attached hydrogen (secondary N) is 1. The van der Waals surface area contributed by atoms with Gasteiger partial charge in [0, 0.05) is 37.2 Å². The molecular formula is C28H38FN3O5S. The zero-order valence-electron chi connectivity index (χ0n) is 22.4. The fourth-order valence-corrected chi connectivity index (χ4v) is 5.69. The lowest BCUT2D eigenvalue weighted by atomic mass is 9.95. The average molecular weight is 548 g/mol. The van der Waals surface area contributed by atoms with Gasteiger partial charge < -0.3 is 15.0 Å². The lowest BCUT2D eigenvalue weighted by Gasteiger charge is -2.31. The van der Waals surface area contributed by atoms with E-state index in [1.807, 2.05) is 0 Å². The van der Waals surface area contributed by atoms with Crippen molar-refractivity contribution in [3.63, 3.8) is 0 Å². The predicted octanol–water partition coefficient (Wildman–Crippen LogP) is 4.25. The molecule has 0 unspecified atom stereocenters. The van der Waals surface area contributed by atoms with Gasteiger partial charge in [-0.25, -0.2) is 12.8 Å². The van der Waals surface area contributed by atoms with Crippen LogP contribution < -0.4 is 14.4 Å². The van der Waals surface area contributed by atoms with Gasteiger partial charge in [0.1, 0.15) is 17.6 Å². The monoisotopic (exact) mass is 547 g/mol. The van der Waals surface area contributed by atoms with Crippen LogP contribution in [0.5, 0.6) is 5.75 Å². The molecule has 2 aromatic rings. The molecule has 0 heterocycles. The molecule has 38 heavy (non-hydrogen) atoms. The number of methoxy groups -OCH3 is 1. The number of amides is 2. The summed E-state index contributed by atoms with van der Waals surface area (Å²) < 4.78 is 45.9. The molecule has 1 N–H and O–H groups in total. The second-order valence-electron chi connectivity index (χ2n) is 9.77. The highest BCUT2D eigenvalue weighted by atomic mass is 32.2. The summed E-state index contributed by atoms with van der Waals surface area (Å²) in [6.07, 6.45) is 6.40. The number of carbonyl (C=O) groups is 2. The third-order valence-corrected chi connectivity index (χ3v) is 8.10. The van der Waals surface area contributed by atoms with Gasteiger partial charge in [-0.3, -0.25) is 13.9 Å². The molecule has 1 atom stereocenters. The van der Waals surface area contributed by atoms with E-state index in [1.165, 1.54) is 22.4 Å². The SMILES string of the molecule is COc1cccc(N(CCCC(=O)N(Cc2ccccc2F)[C@H](C)C(=O)NC2CCCCC2)S(C)(=O)=O)c1. The Morgan fingerprint density at radius 2 is 1.82 bits per heavy atom. The smallest absolute Gasteiger partial charge is 0.242 e. The molecule has 2 amide bonds. The van der Waals surface area contributed by atoms with Crippen LogP contribution in [0.2, 0.25) is 0 Å². The van der Waals surface area contributed by atoms with Gasteiger partial charge in [-0.2, -0.15) is 0 Å². The molecule has 2 aromatic carbocycles. The molecule has 8 nitrogen and oxygen atoms in total. The van der Waals surface area contributed by atoms with Crippen LogP contribution in [0.1, 0.15) is 57.4 Å². The van der Waals surface area contributed by atoms with Crippen LogP contribution >= 0.6 is 0 Å². The van der Waals surface area contributed by atoms with Crippen molar-refractivity contribution < 1.29 is 27.1 Å². The zero-order chi connectivity index (χ0) is 27.7. The first-order valence-electron chi connectivity index (χ1n) is 13.0. The summed E-state index contributed by atoms with van der Waals surface area (Å²) >= 11 is 0. The minimum atomic E-state index is -3.62. The maximum atomic E-state index is 14.5. The quantitative estimate of drug-likeness (QED) is 0.429. The van der Waals surface area contributed by atoms with E-state index < -0.39 is 21.9 Å². The highest BCUT2D eigenvalue weighted by molar-refractivity contribution is 7.92. The van der Waals surface area contributed by atoms with Gasteiger partial charge in [-0.15, -0.1) is 0 Å². The first-order chi connectivity index (χ1) is 18.1. The van der Waals surface area contributed by atoms with Crippen molar-refractivity contribution in [2.75, 3.05) is 24.2 Å². The second-order valence-corrected chi connectivity index (χ2v) is 11.7. The van der Waals surface area contributed by atoms with Crippen LogP contribution in [0.4, 0.5) is 10.1 Å². The van der Waals surface area contributed by atoms with Crippen molar-refractivity contribution in [2.45, 2.75) is 70.5 Å². The number of carbonyl (C=O) groups excluding carboxylic acids is 2. The largest absolute Gasteiger partial charge is 0.497 e. The van der Waals surface area contributed by atoms with E-state index >= 15 is 0 Å². The van der Waals surface area contributed by atoms with Gasteiger partial charge in [0.25, 0.3) is 0 Å². The van der Waals surface area contributed by atoms with Gasteiger partial charge in [-0.1, -0.05) is 43.5 Å². The van der Waals surface area contributed by atoms with Crippen molar-refractivity contribution in [1.29, 1.82) is 0 Å². The van der Waals surface area contributed by atoms with Crippen molar-refractivity contribution in [3.8, 4) is 5.75 Å². The normalized spacial score (nSPS) is 14.9. The number of nitrogens with zero attached hydrogens (tertiary/aromatic N) is 2. The Balaban J connectivity index is 1.73. The topological polar surface area (TPSA) is 96.0 Å². The van der Waals surface area contributed by atoms with E-state index in [1.54, 1.807) is 49.4 Å². The summed E-state index contributed by atoms with van der Waals surface area (Å²) in [5.74, 6) is -0.554. The number of anilines is 1. The Morgan fingerprint density at radius 1 is 1.11 bits per heavy atom. The van der Waals surface area contributed by atoms with E-state index in [0.29, 0.717) is 17.0 Å². The minimum Gasteiger partial charge on any atom is -0.497 e. The van der Waals surface area contributed by atoms with Crippen LogP contribution in [0, 0.1) is 5.82 Å². The molecule has 1 saturated carbocycles. The molecule has 0 aromatic heterocycles. The van der Waals surface area contributed by atoms with Gasteiger partial charge in [0.05, 0.1) is 19.1 Å². The molecule has 0 bridgehead atoms. The number of hydrogen-bond donors (Lipinski definition) is 1. The summed E-state index contributed by atoms with van der Waals surface area (Å²) in [5.41, 5.74) is 0.745. The van der Waals surface area contributed by atoms with Crippen LogP contribution in [0.15, 0.2) is 48.5 Å². The fourth-order valence-electron chi connectivity index (χ4n) is 4.73.